The molecule has 1 aromatic heterocycles. The molecule has 0 aliphatic heterocycles. The molecule has 0 bridgehead atoms. The lowest BCUT2D eigenvalue weighted by molar-refractivity contribution is 0.0992. The Bertz CT molecular complexity index is 602. The fraction of sp³-hybridized carbons (Fsp3) is 0.286. The van der Waals surface area contributed by atoms with Crippen molar-refractivity contribution in [1.29, 1.82) is 0 Å². The molecule has 2 aromatic rings. The van der Waals surface area contributed by atoms with Crippen LogP contribution >= 0.6 is 11.3 Å². The highest BCUT2D eigenvalue weighted by atomic mass is 32.1. The zero-order valence-electron chi connectivity index (χ0n) is 11.0. The third-order valence-electron chi connectivity index (χ3n) is 2.86. The summed E-state index contributed by atoms with van der Waals surface area (Å²) in [6.45, 7) is 3.89. The first-order chi connectivity index (χ1) is 9.01. The van der Waals surface area contributed by atoms with Crippen LogP contribution in [0.5, 0.6) is 5.75 Å². The fourth-order valence-electron chi connectivity index (χ4n) is 1.69. The van der Waals surface area contributed by atoms with E-state index in [4.69, 9.17) is 4.74 Å². The van der Waals surface area contributed by atoms with Crippen LogP contribution in [0.3, 0.4) is 0 Å². The lowest BCUT2D eigenvalue weighted by Crippen LogP contribution is -2.04. The van der Waals surface area contributed by atoms with E-state index in [1.54, 1.807) is 0 Å². The number of carbonyl (C=O) groups excluding carboxylic acids is 1. The van der Waals surface area contributed by atoms with Crippen molar-refractivity contribution in [2.45, 2.75) is 20.3 Å². The SMILES string of the molecule is COc1cc(C(=O)Cc2nc(C)c(C)s2)ccc1F. The molecule has 1 heterocycles. The van der Waals surface area contributed by atoms with E-state index in [9.17, 15) is 9.18 Å². The van der Waals surface area contributed by atoms with Gasteiger partial charge in [0.25, 0.3) is 0 Å². The van der Waals surface area contributed by atoms with Crippen molar-refractivity contribution in [1.82, 2.24) is 4.98 Å². The summed E-state index contributed by atoms with van der Waals surface area (Å²) in [6, 6.07) is 4.13. The standard InChI is InChI=1S/C14H14FNO2S/c1-8-9(2)19-14(16-8)7-12(17)10-4-5-11(15)13(6-10)18-3/h4-6H,7H2,1-3H3. The van der Waals surface area contributed by atoms with Crippen molar-refractivity contribution in [2.24, 2.45) is 0 Å². The normalized spacial score (nSPS) is 10.5. The topological polar surface area (TPSA) is 39.2 Å². The van der Waals surface area contributed by atoms with E-state index in [0.717, 1.165) is 15.6 Å². The second-order valence-corrected chi connectivity index (χ2v) is 5.49. The predicted molar refractivity (Wildman–Crippen MR) is 72.6 cm³/mol. The highest BCUT2D eigenvalue weighted by molar-refractivity contribution is 7.11. The van der Waals surface area contributed by atoms with Crippen LogP contribution in [0.25, 0.3) is 0 Å². The van der Waals surface area contributed by atoms with Gasteiger partial charge in [-0.2, -0.15) is 0 Å². The van der Waals surface area contributed by atoms with Crippen molar-refractivity contribution in [3.63, 3.8) is 0 Å². The largest absolute Gasteiger partial charge is 0.494 e. The van der Waals surface area contributed by atoms with Crippen molar-refractivity contribution in [3.05, 3.63) is 45.2 Å². The minimum atomic E-state index is -0.472. The number of hydrogen-bond donors (Lipinski definition) is 0. The molecule has 0 saturated heterocycles. The van der Waals surface area contributed by atoms with E-state index in [-0.39, 0.29) is 18.0 Å². The summed E-state index contributed by atoms with van der Waals surface area (Å²) in [4.78, 5) is 17.5. The van der Waals surface area contributed by atoms with Crippen LogP contribution < -0.4 is 4.74 Å². The van der Waals surface area contributed by atoms with E-state index < -0.39 is 5.82 Å². The van der Waals surface area contributed by atoms with Crippen LogP contribution in [0, 0.1) is 19.7 Å². The molecule has 0 spiro atoms. The van der Waals surface area contributed by atoms with Crippen molar-refractivity contribution < 1.29 is 13.9 Å². The Morgan fingerprint density at radius 2 is 2.16 bits per heavy atom. The lowest BCUT2D eigenvalue weighted by atomic mass is 10.1. The Morgan fingerprint density at radius 1 is 1.42 bits per heavy atom. The van der Waals surface area contributed by atoms with Gasteiger partial charge < -0.3 is 4.74 Å². The van der Waals surface area contributed by atoms with E-state index in [0.29, 0.717) is 5.56 Å². The molecule has 0 aliphatic rings. The fourth-order valence-corrected chi connectivity index (χ4v) is 2.62. The minimum Gasteiger partial charge on any atom is -0.494 e. The van der Waals surface area contributed by atoms with E-state index >= 15 is 0 Å². The van der Waals surface area contributed by atoms with Gasteiger partial charge in [0.05, 0.1) is 19.2 Å². The Hall–Kier alpha value is -1.75. The van der Waals surface area contributed by atoms with Crippen molar-refractivity contribution >= 4 is 17.1 Å². The number of thiazole rings is 1. The van der Waals surface area contributed by atoms with Crippen LogP contribution in [0.15, 0.2) is 18.2 Å². The molecule has 3 nitrogen and oxygen atoms in total. The molecule has 5 heteroatoms. The number of Topliss-reactive ketones (excluding diaryl/α,β-unsaturated/α-hetero) is 1. The maximum atomic E-state index is 13.3. The number of benzene rings is 1. The molecule has 0 amide bonds. The summed E-state index contributed by atoms with van der Waals surface area (Å²) in [7, 11) is 1.38. The van der Waals surface area contributed by atoms with E-state index in [1.165, 1.54) is 36.6 Å². The van der Waals surface area contributed by atoms with Gasteiger partial charge in [0.15, 0.2) is 17.3 Å². The number of halogens is 1. The second-order valence-electron chi connectivity index (χ2n) is 4.20. The molecule has 2 rings (SSSR count). The summed E-state index contributed by atoms with van der Waals surface area (Å²) in [5.74, 6) is -0.482. The van der Waals surface area contributed by atoms with Crippen molar-refractivity contribution in [2.75, 3.05) is 7.11 Å². The number of aryl methyl sites for hydroxylation is 2. The summed E-state index contributed by atoms with van der Waals surface area (Å²) >= 11 is 1.51. The molecular weight excluding hydrogens is 265 g/mol. The molecule has 0 unspecified atom stereocenters. The first kappa shape index (κ1) is 13.7. The van der Waals surface area contributed by atoms with E-state index in [2.05, 4.69) is 4.98 Å². The first-order valence-electron chi connectivity index (χ1n) is 5.81. The van der Waals surface area contributed by atoms with Gasteiger partial charge in [-0.25, -0.2) is 9.37 Å². The molecular formula is C14H14FNO2S. The van der Waals surface area contributed by atoms with Gasteiger partial charge >= 0.3 is 0 Å². The number of aromatic nitrogens is 1. The quantitative estimate of drug-likeness (QED) is 0.806. The van der Waals surface area contributed by atoms with Crippen LogP contribution in [0.1, 0.15) is 25.9 Å². The van der Waals surface area contributed by atoms with Crippen LogP contribution in [-0.2, 0) is 6.42 Å². The molecule has 0 radical (unpaired) electrons. The third kappa shape index (κ3) is 2.98. The Morgan fingerprint density at radius 3 is 2.74 bits per heavy atom. The summed E-state index contributed by atoms with van der Waals surface area (Å²) in [6.07, 6.45) is 0.230. The maximum Gasteiger partial charge on any atom is 0.169 e. The van der Waals surface area contributed by atoms with Gasteiger partial charge in [-0.1, -0.05) is 0 Å². The van der Waals surface area contributed by atoms with Gasteiger partial charge in [-0.3, -0.25) is 4.79 Å². The molecule has 0 N–H and O–H groups in total. The van der Waals surface area contributed by atoms with Crippen LogP contribution in [0.2, 0.25) is 0 Å². The number of nitrogens with zero attached hydrogens (tertiary/aromatic N) is 1. The Balaban J connectivity index is 2.20. The maximum absolute atomic E-state index is 13.3. The molecule has 0 saturated carbocycles. The Kier molecular flexibility index (Phi) is 3.95. The Labute approximate surface area is 115 Å². The monoisotopic (exact) mass is 279 g/mol. The number of hydrogen-bond acceptors (Lipinski definition) is 4. The summed E-state index contributed by atoms with van der Waals surface area (Å²) < 4.78 is 18.1. The number of rotatable bonds is 4. The smallest absolute Gasteiger partial charge is 0.169 e. The van der Waals surface area contributed by atoms with Gasteiger partial charge in [-0.15, -0.1) is 11.3 Å². The molecule has 0 fully saturated rings. The van der Waals surface area contributed by atoms with Crippen molar-refractivity contribution in [3.8, 4) is 5.75 Å². The predicted octanol–water partition coefficient (Wildman–Crippen LogP) is 3.33. The highest BCUT2D eigenvalue weighted by Gasteiger charge is 2.13. The van der Waals surface area contributed by atoms with Gasteiger partial charge in [-0.05, 0) is 32.0 Å². The second kappa shape index (κ2) is 5.48. The van der Waals surface area contributed by atoms with Crippen LogP contribution in [0.4, 0.5) is 4.39 Å². The zero-order chi connectivity index (χ0) is 14.0. The molecule has 100 valence electrons. The number of methoxy groups -OCH3 is 1. The number of ether oxygens (including phenoxy) is 1. The van der Waals surface area contributed by atoms with Crippen LogP contribution in [-0.4, -0.2) is 17.9 Å². The zero-order valence-corrected chi connectivity index (χ0v) is 11.8. The highest BCUT2D eigenvalue weighted by Crippen LogP contribution is 2.21. The molecule has 0 atom stereocenters. The molecule has 1 aromatic carbocycles. The number of ketones is 1. The average molecular weight is 279 g/mol. The third-order valence-corrected chi connectivity index (χ3v) is 3.93. The summed E-state index contributed by atoms with van der Waals surface area (Å²) in [5.41, 5.74) is 1.38. The summed E-state index contributed by atoms with van der Waals surface area (Å²) in [5, 5.41) is 0.781. The number of carbonyl (C=O) groups is 1. The lowest BCUT2D eigenvalue weighted by Gasteiger charge is -2.04. The van der Waals surface area contributed by atoms with Gasteiger partial charge in [0, 0.05) is 10.4 Å². The van der Waals surface area contributed by atoms with Gasteiger partial charge in [0.1, 0.15) is 5.01 Å². The first-order valence-corrected chi connectivity index (χ1v) is 6.62. The molecule has 19 heavy (non-hydrogen) atoms. The van der Waals surface area contributed by atoms with E-state index in [1.807, 2.05) is 13.8 Å². The van der Waals surface area contributed by atoms with Gasteiger partial charge in [0.2, 0.25) is 0 Å². The molecule has 0 aliphatic carbocycles. The minimum absolute atomic E-state index is 0.0809. The average Bonchev–Trinajstić information content (AvgIpc) is 2.68.